The van der Waals surface area contributed by atoms with E-state index in [0.29, 0.717) is 5.56 Å². The van der Waals surface area contributed by atoms with Crippen LogP contribution in [0.4, 0.5) is 0 Å². The summed E-state index contributed by atoms with van der Waals surface area (Å²) >= 11 is 6.15. The third kappa shape index (κ3) is 4.76. The summed E-state index contributed by atoms with van der Waals surface area (Å²) in [5.74, 6) is -1.38. The number of carboxylic acid groups (broad SMARTS) is 1. The van der Waals surface area contributed by atoms with Crippen LogP contribution in [0.1, 0.15) is 49.1 Å². The van der Waals surface area contributed by atoms with Crippen molar-refractivity contribution in [1.29, 1.82) is 0 Å². The van der Waals surface area contributed by atoms with Gasteiger partial charge in [-0.2, -0.15) is 5.10 Å². The largest absolute Gasteiger partial charge is 0.478 e. The fourth-order valence-electron chi connectivity index (χ4n) is 4.22. The van der Waals surface area contributed by atoms with Gasteiger partial charge in [0.1, 0.15) is 0 Å². The van der Waals surface area contributed by atoms with Gasteiger partial charge in [-0.1, -0.05) is 17.7 Å². The molecule has 35 heavy (non-hydrogen) atoms. The molecule has 0 saturated carbocycles. The summed E-state index contributed by atoms with van der Waals surface area (Å²) in [6.07, 6.45) is 1.59. The first-order valence-corrected chi connectivity index (χ1v) is 11.4. The Labute approximate surface area is 208 Å². The number of carboxylic acids is 1. The second-order valence-corrected chi connectivity index (χ2v) is 8.74. The number of amides is 1. The maximum absolute atomic E-state index is 12.7. The van der Waals surface area contributed by atoms with Crippen molar-refractivity contribution < 1.29 is 14.7 Å². The SMILES string of the molecule is Cc1ccc(C)n1-c1cccc(C(=O)N/N=C\c2cc(C)n(-c3ccc(C(=O)O)c(Cl)c3)c2C)c1. The predicted molar refractivity (Wildman–Crippen MR) is 138 cm³/mol. The van der Waals surface area contributed by atoms with Gasteiger partial charge in [-0.25, -0.2) is 10.2 Å². The lowest BCUT2D eigenvalue weighted by molar-refractivity contribution is 0.0696. The molecule has 2 aromatic heterocycles. The molecule has 0 atom stereocenters. The van der Waals surface area contributed by atoms with Crippen molar-refractivity contribution in [3.8, 4) is 11.4 Å². The van der Waals surface area contributed by atoms with Gasteiger partial charge in [0.25, 0.3) is 5.91 Å². The fraction of sp³-hybridized carbons (Fsp3) is 0.148. The van der Waals surface area contributed by atoms with Crippen LogP contribution in [0.15, 0.2) is 65.8 Å². The topological polar surface area (TPSA) is 88.6 Å². The van der Waals surface area contributed by atoms with Crippen molar-refractivity contribution in [2.75, 3.05) is 0 Å². The zero-order valence-electron chi connectivity index (χ0n) is 19.8. The maximum Gasteiger partial charge on any atom is 0.337 e. The minimum absolute atomic E-state index is 0.0496. The Morgan fingerprint density at radius 3 is 2.23 bits per heavy atom. The van der Waals surface area contributed by atoms with Crippen molar-refractivity contribution in [3.63, 3.8) is 0 Å². The van der Waals surface area contributed by atoms with Crippen LogP contribution in [0, 0.1) is 27.7 Å². The lowest BCUT2D eigenvalue weighted by Crippen LogP contribution is -2.18. The molecule has 4 aromatic rings. The highest BCUT2D eigenvalue weighted by molar-refractivity contribution is 6.33. The van der Waals surface area contributed by atoms with Gasteiger partial charge in [0.2, 0.25) is 0 Å². The molecule has 0 aliphatic rings. The summed E-state index contributed by atoms with van der Waals surface area (Å²) in [7, 11) is 0. The zero-order valence-corrected chi connectivity index (χ0v) is 20.6. The molecule has 7 nitrogen and oxygen atoms in total. The van der Waals surface area contributed by atoms with Crippen LogP contribution < -0.4 is 5.43 Å². The number of aryl methyl sites for hydroxylation is 3. The molecule has 0 radical (unpaired) electrons. The zero-order chi connectivity index (χ0) is 25.3. The van der Waals surface area contributed by atoms with Gasteiger partial charge in [-0.3, -0.25) is 4.79 Å². The van der Waals surface area contributed by atoms with Crippen LogP contribution in [0.5, 0.6) is 0 Å². The number of benzene rings is 2. The number of aromatic nitrogens is 2. The maximum atomic E-state index is 12.7. The first kappa shape index (κ1) is 24.0. The Morgan fingerprint density at radius 1 is 0.886 bits per heavy atom. The van der Waals surface area contributed by atoms with Gasteiger partial charge >= 0.3 is 5.97 Å². The van der Waals surface area contributed by atoms with Crippen molar-refractivity contribution in [2.45, 2.75) is 27.7 Å². The molecule has 2 aromatic carbocycles. The first-order chi connectivity index (χ1) is 16.7. The van der Waals surface area contributed by atoms with Crippen LogP contribution >= 0.6 is 11.6 Å². The minimum atomic E-state index is -1.07. The molecule has 0 unspecified atom stereocenters. The molecular formula is C27H25ClN4O3. The molecule has 0 saturated heterocycles. The third-order valence-corrected chi connectivity index (χ3v) is 6.23. The standard InChI is InChI=1S/C27H25ClN4O3/c1-16-8-9-17(2)31(16)22-7-5-6-20(13-22)26(33)30-29-15-21-12-18(3)32(19(21)4)23-10-11-24(27(34)35)25(28)14-23/h5-15H,1-4H3,(H,30,33)(H,34,35)/b29-15-. The van der Waals surface area contributed by atoms with E-state index in [0.717, 1.165) is 39.7 Å². The van der Waals surface area contributed by atoms with E-state index in [4.69, 9.17) is 11.6 Å². The Hall–Kier alpha value is -4.10. The smallest absolute Gasteiger partial charge is 0.337 e. The van der Waals surface area contributed by atoms with Crippen molar-refractivity contribution >= 4 is 29.7 Å². The van der Waals surface area contributed by atoms with Crippen LogP contribution in [0.2, 0.25) is 5.02 Å². The summed E-state index contributed by atoms with van der Waals surface area (Å²) in [5.41, 5.74) is 9.60. The molecule has 0 bridgehead atoms. The van der Waals surface area contributed by atoms with Gasteiger partial charge in [0.05, 0.1) is 16.8 Å². The Kier molecular flexibility index (Phi) is 6.62. The molecule has 0 fully saturated rings. The average molecular weight is 489 g/mol. The molecule has 178 valence electrons. The minimum Gasteiger partial charge on any atom is -0.478 e. The van der Waals surface area contributed by atoms with E-state index in [1.54, 1.807) is 24.4 Å². The van der Waals surface area contributed by atoms with Crippen LogP contribution in [-0.2, 0) is 0 Å². The van der Waals surface area contributed by atoms with Crippen LogP contribution in [0.25, 0.3) is 11.4 Å². The van der Waals surface area contributed by atoms with Gasteiger partial charge in [0.15, 0.2) is 0 Å². The summed E-state index contributed by atoms with van der Waals surface area (Å²) in [6.45, 7) is 7.89. The summed E-state index contributed by atoms with van der Waals surface area (Å²) < 4.78 is 4.04. The number of rotatable bonds is 6. The van der Waals surface area contributed by atoms with Crippen molar-refractivity contribution in [1.82, 2.24) is 14.6 Å². The monoisotopic (exact) mass is 488 g/mol. The lowest BCUT2D eigenvalue weighted by atomic mass is 10.2. The number of carbonyl (C=O) groups is 2. The highest BCUT2D eigenvalue weighted by atomic mass is 35.5. The van der Waals surface area contributed by atoms with E-state index < -0.39 is 5.97 Å². The quantitative estimate of drug-likeness (QED) is 0.273. The molecule has 2 N–H and O–H groups in total. The number of nitrogens with one attached hydrogen (secondary N) is 1. The molecule has 0 spiro atoms. The molecule has 4 rings (SSSR count). The summed E-state index contributed by atoms with van der Waals surface area (Å²) in [4.78, 5) is 24.0. The van der Waals surface area contributed by atoms with Gasteiger partial charge in [-0.15, -0.1) is 0 Å². The van der Waals surface area contributed by atoms with Crippen LogP contribution in [0.3, 0.4) is 0 Å². The number of hydrazone groups is 1. The van der Waals surface area contributed by atoms with E-state index in [1.807, 2.05) is 68.7 Å². The highest BCUT2D eigenvalue weighted by Gasteiger charge is 2.14. The average Bonchev–Trinajstić information content (AvgIpc) is 3.30. The first-order valence-electron chi connectivity index (χ1n) is 11.0. The molecule has 1 amide bonds. The predicted octanol–water partition coefficient (Wildman–Crippen LogP) is 5.62. The fourth-order valence-corrected chi connectivity index (χ4v) is 4.47. The van der Waals surface area contributed by atoms with Crippen molar-refractivity contribution in [2.24, 2.45) is 5.10 Å². The van der Waals surface area contributed by atoms with E-state index in [9.17, 15) is 14.7 Å². The number of halogens is 1. The van der Waals surface area contributed by atoms with Crippen molar-refractivity contribution in [3.05, 3.63) is 105 Å². The number of carbonyl (C=O) groups excluding carboxylic acids is 1. The number of hydrogen-bond donors (Lipinski definition) is 2. The molecule has 2 heterocycles. The van der Waals surface area contributed by atoms with Gasteiger partial charge in [-0.05, 0) is 82.3 Å². The Balaban J connectivity index is 1.53. The Morgan fingerprint density at radius 2 is 1.57 bits per heavy atom. The summed E-state index contributed by atoms with van der Waals surface area (Å²) in [6, 6.07) is 18.2. The van der Waals surface area contributed by atoms with Gasteiger partial charge < -0.3 is 14.2 Å². The lowest BCUT2D eigenvalue weighted by Gasteiger charge is -2.11. The molecular weight excluding hydrogens is 464 g/mol. The summed E-state index contributed by atoms with van der Waals surface area (Å²) in [5, 5.41) is 13.5. The molecule has 0 aliphatic heterocycles. The highest BCUT2D eigenvalue weighted by Crippen LogP contribution is 2.25. The normalized spacial score (nSPS) is 11.2. The molecule has 8 heteroatoms. The third-order valence-electron chi connectivity index (χ3n) is 5.92. The van der Waals surface area contributed by atoms with E-state index in [1.165, 1.54) is 6.07 Å². The van der Waals surface area contributed by atoms with Gasteiger partial charge in [0, 0.05) is 45.3 Å². The second-order valence-electron chi connectivity index (χ2n) is 8.33. The Bertz CT molecular complexity index is 1460. The number of aromatic carboxylic acids is 1. The van der Waals surface area contributed by atoms with Crippen LogP contribution in [-0.4, -0.2) is 32.3 Å². The number of nitrogens with zero attached hydrogens (tertiary/aromatic N) is 3. The molecule has 0 aliphatic carbocycles. The van der Waals surface area contributed by atoms with E-state index >= 15 is 0 Å². The second kappa shape index (κ2) is 9.64. The van der Waals surface area contributed by atoms with E-state index in [2.05, 4.69) is 15.1 Å². The number of hydrogen-bond acceptors (Lipinski definition) is 3. The van der Waals surface area contributed by atoms with E-state index in [-0.39, 0.29) is 16.5 Å².